The van der Waals surface area contributed by atoms with Crippen molar-refractivity contribution in [1.29, 1.82) is 0 Å². The van der Waals surface area contributed by atoms with Crippen molar-refractivity contribution in [2.45, 2.75) is 18.3 Å². The number of methoxy groups -OCH3 is 1. The van der Waals surface area contributed by atoms with E-state index in [1.807, 2.05) is 0 Å². The molecule has 88 valence electrons. The summed E-state index contributed by atoms with van der Waals surface area (Å²) in [5, 5.41) is 0. The lowest BCUT2D eigenvalue weighted by atomic mass is 9.95. The van der Waals surface area contributed by atoms with Gasteiger partial charge in [-0.1, -0.05) is 0 Å². The van der Waals surface area contributed by atoms with Gasteiger partial charge in [-0.05, 0) is 34.8 Å². The molecule has 0 heterocycles. The van der Waals surface area contributed by atoms with Crippen molar-refractivity contribution in [1.82, 2.24) is 0 Å². The van der Waals surface area contributed by atoms with Gasteiger partial charge < -0.3 is 10.5 Å². The molecule has 0 atom stereocenters. The fourth-order valence-electron chi connectivity index (χ4n) is 1.88. The number of benzene rings is 1. The minimum absolute atomic E-state index is 0.209. The maximum absolute atomic E-state index is 14.0. The average molecular weight is 292 g/mol. The van der Waals surface area contributed by atoms with E-state index >= 15 is 0 Å². The third-order valence-electron chi connectivity index (χ3n) is 3.14. The number of halogens is 3. The van der Waals surface area contributed by atoms with E-state index in [9.17, 15) is 8.78 Å². The van der Waals surface area contributed by atoms with Crippen LogP contribution in [0.4, 0.5) is 8.78 Å². The summed E-state index contributed by atoms with van der Waals surface area (Å²) in [6, 6.07) is 1.47. The van der Waals surface area contributed by atoms with E-state index in [2.05, 4.69) is 15.9 Å². The van der Waals surface area contributed by atoms with E-state index in [0.717, 1.165) is 12.8 Å². The Morgan fingerprint density at radius 1 is 1.44 bits per heavy atom. The number of ether oxygens (including phenoxy) is 1. The minimum atomic E-state index is -0.712. The van der Waals surface area contributed by atoms with Gasteiger partial charge in [0.2, 0.25) is 0 Å². The Morgan fingerprint density at radius 2 is 2.06 bits per heavy atom. The molecule has 1 saturated carbocycles. The molecule has 1 aromatic carbocycles. The zero-order chi connectivity index (χ0) is 11.9. The summed E-state index contributed by atoms with van der Waals surface area (Å²) in [5.74, 6) is -1.69. The zero-order valence-corrected chi connectivity index (χ0v) is 10.4. The number of hydrogen-bond acceptors (Lipinski definition) is 2. The Balaban J connectivity index is 2.59. The second-order valence-electron chi connectivity index (χ2n) is 4.05. The van der Waals surface area contributed by atoms with E-state index < -0.39 is 11.6 Å². The van der Waals surface area contributed by atoms with Crippen LogP contribution in [0.3, 0.4) is 0 Å². The Labute approximate surface area is 101 Å². The molecule has 0 bridgehead atoms. The first kappa shape index (κ1) is 11.8. The second kappa shape index (κ2) is 3.96. The summed E-state index contributed by atoms with van der Waals surface area (Å²) in [5.41, 5.74) is 5.75. The Morgan fingerprint density at radius 3 is 2.50 bits per heavy atom. The van der Waals surface area contributed by atoms with Crippen LogP contribution in [0, 0.1) is 11.6 Å². The van der Waals surface area contributed by atoms with Crippen molar-refractivity contribution >= 4 is 15.9 Å². The van der Waals surface area contributed by atoms with Crippen LogP contribution < -0.4 is 10.5 Å². The summed E-state index contributed by atoms with van der Waals surface area (Å²) >= 11 is 3.06. The number of rotatable bonds is 3. The molecule has 5 heteroatoms. The van der Waals surface area contributed by atoms with E-state index in [4.69, 9.17) is 10.5 Å². The topological polar surface area (TPSA) is 35.2 Å². The van der Waals surface area contributed by atoms with E-state index in [1.165, 1.54) is 13.2 Å². The molecule has 1 aliphatic rings. The fourth-order valence-corrected chi connectivity index (χ4v) is 2.29. The highest BCUT2D eigenvalue weighted by Gasteiger charge is 2.46. The molecule has 1 fully saturated rings. The molecule has 16 heavy (non-hydrogen) atoms. The molecular formula is C11H12BrF2NO. The molecule has 0 radical (unpaired) electrons. The number of hydrogen-bond donors (Lipinski definition) is 1. The Kier molecular flexibility index (Phi) is 2.92. The Bertz CT molecular complexity index is 432. The summed E-state index contributed by atoms with van der Waals surface area (Å²) in [6.07, 6.45) is 1.67. The van der Waals surface area contributed by atoms with Gasteiger partial charge in [-0.3, -0.25) is 0 Å². The smallest absolute Gasteiger partial charge is 0.191 e. The van der Waals surface area contributed by atoms with E-state index in [0.29, 0.717) is 12.1 Å². The predicted molar refractivity (Wildman–Crippen MR) is 60.6 cm³/mol. The van der Waals surface area contributed by atoms with Gasteiger partial charge in [-0.2, -0.15) is 0 Å². The van der Waals surface area contributed by atoms with Gasteiger partial charge in [-0.15, -0.1) is 0 Å². The molecular weight excluding hydrogens is 280 g/mol. The van der Waals surface area contributed by atoms with Crippen LogP contribution in [-0.2, 0) is 5.41 Å². The van der Waals surface area contributed by atoms with E-state index in [-0.39, 0.29) is 15.6 Å². The largest absolute Gasteiger partial charge is 0.491 e. The minimum Gasteiger partial charge on any atom is -0.491 e. The van der Waals surface area contributed by atoms with E-state index in [1.54, 1.807) is 0 Å². The first-order valence-corrected chi connectivity index (χ1v) is 5.77. The summed E-state index contributed by atoms with van der Waals surface area (Å²) in [6.45, 7) is 0.366. The highest BCUT2D eigenvalue weighted by atomic mass is 79.9. The van der Waals surface area contributed by atoms with Crippen molar-refractivity contribution in [2.75, 3.05) is 13.7 Å². The van der Waals surface area contributed by atoms with Gasteiger partial charge in [0.05, 0.1) is 11.6 Å². The predicted octanol–water partition coefficient (Wildman–Crippen LogP) is 2.73. The van der Waals surface area contributed by atoms with Crippen LogP contribution in [0.15, 0.2) is 10.5 Å². The first-order chi connectivity index (χ1) is 7.55. The quantitative estimate of drug-likeness (QED) is 0.869. The normalized spacial score (nSPS) is 17.3. The fraction of sp³-hybridized carbons (Fsp3) is 0.455. The molecule has 0 unspecified atom stereocenters. The molecule has 1 aliphatic carbocycles. The molecule has 2 rings (SSSR count). The van der Waals surface area contributed by atoms with Gasteiger partial charge in [0.15, 0.2) is 17.4 Å². The molecule has 0 aliphatic heterocycles. The number of nitrogens with two attached hydrogens (primary N) is 1. The van der Waals surface area contributed by atoms with Crippen LogP contribution >= 0.6 is 15.9 Å². The third kappa shape index (κ3) is 1.62. The lowest BCUT2D eigenvalue weighted by Crippen LogP contribution is -2.21. The zero-order valence-electron chi connectivity index (χ0n) is 8.82. The van der Waals surface area contributed by atoms with Crippen molar-refractivity contribution in [3.8, 4) is 5.75 Å². The lowest BCUT2D eigenvalue weighted by molar-refractivity contribution is 0.354. The summed E-state index contributed by atoms with van der Waals surface area (Å²) < 4.78 is 32.5. The van der Waals surface area contributed by atoms with Gasteiger partial charge >= 0.3 is 0 Å². The Hall–Kier alpha value is -0.680. The van der Waals surface area contributed by atoms with Crippen molar-refractivity contribution in [3.63, 3.8) is 0 Å². The monoisotopic (exact) mass is 291 g/mol. The molecule has 2 N–H and O–H groups in total. The lowest BCUT2D eigenvalue weighted by Gasteiger charge is -2.17. The first-order valence-electron chi connectivity index (χ1n) is 4.98. The van der Waals surface area contributed by atoms with Crippen molar-refractivity contribution in [3.05, 3.63) is 27.7 Å². The van der Waals surface area contributed by atoms with Gasteiger partial charge in [0.25, 0.3) is 0 Å². The van der Waals surface area contributed by atoms with Gasteiger partial charge in [0, 0.05) is 17.5 Å². The van der Waals surface area contributed by atoms with Crippen molar-refractivity contribution in [2.24, 2.45) is 5.73 Å². The highest BCUT2D eigenvalue weighted by molar-refractivity contribution is 9.10. The van der Waals surface area contributed by atoms with Crippen LogP contribution in [0.2, 0.25) is 0 Å². The second-order valence-corrected chi connectivity index (χ2v) is 4.91. The van der Waals surface area contributed by atoms with Crippen LogP contribution in [-0.4, -0.2) is 13.7 Å². The molecule has 0 spiro atoms. The molecule has 0 saturated heterocycles. The third-order valence-corrected chi connectivity index (χ3v) is 3.71. The summed E-state index contributed by atoms with van der Waals surface area (Å²) in [4.78, 5) is 0. The van der Waals surface area contributed by atoms with Crippen LogP contribution in [0.5, 0.6) is 5.75 Å². The summed E-state index contributed by atoms with van der Waals surface area (Å²) in [7, 11) is 1.25. The van der Waals surface area contributed by atoms with Crippen molar-refractivity contribution < 1.29 is 13.5 Å². The SMILES string of the molecule is COc1c(F)c(Br)cc(C2(CN)CC2)c1F. The molecule has 0 amide bonds. The maximum Gasteiger partial charge on any atom is 0.191 e. The highest BCUT2D eigenvalue weighted by Crippen LogP contribution is 2.50. The van der Waals surface area contributed by atoms with Crippen LogP contribution in [0.25, 0.3) is 0 Å². The van der Waals surface area contributed by atoms with Crippen LogP contribution in [0.1, 0.15) is 18.4 Å². The van der Waals surface area contributed by atoms with Gasteiger partial charge in [-0.25, -0.2) is 8.78 Å². The van der Waals surface area contributed by atoms with Gasteiger partial charge in [0.1, 0.15) is 0 Å². The molecule has 0 aromatic heterocycles. The average Bonchev–Trinajstić information content (AvgIpc) is 3.05. The molecule has 1 aromatic rings. The maximum atomic E-state index is 14.0. The standard InChI is InChI=1S/C11H12BrF2NO/c1-16-10-8(13)6(4-7(12)9(10)14)11(5-15)2-3-11/h4H,2-3,5,15H2,1H3. The molecule has 2 nitrogen and oxygen atoms in total.